The third kappa shape index (κ3) is 4.02. The molecule has 1 rings (SSSR count). The normalized spacial score (nSPS) is 10.9. The van der Waals surface area contributed by atoms with Gasteiger partial charge in [0.25, 0.3) is 5.69 Å². The molecule has 0 atom stereocenters. The Hall–Kier alpha value is -2.51. The predicted molar refractivity (Wildman–Crippen MR) is 61.1 cm³/mol. The van der Waals surface area contributed by atoms with Crippen LogP contribution < -0.4 is 4.74 Å². The molecular formula is C11H9F2NO5. The van der Waals surface area contributed by atoms with Crippen LogP contribution in [0.25, 0.3) is 6.08 Å². The van der Waals surface area contributed by atoms with Gasteiger partial charge in [-0.15, -0.1) is 0 Å². The lowest BCUT2D eigenvalue weighted by molar-refractivity contribution is -0.385. The lowest BCUT2D eigenvalue weighted by Gasteiger charge is -2.09. The number of ether oxygens (including phenoxy) is 1. The van der Waals surface area contributed by atoms with Crippen molar-refractivity contribution in [1.29, 1.82) is 0 Å². The number of nitro groups is 1. The zero-order chi connectivity index (χ0) is 14.6. The van der Waals surface area contributed by atoms with Gasteiger partial charge in [-0.2, -0.15) is 8.78 Å². The van der Waals surface area contributed by atoms with Gasteiger partial charge < -0.3 is 9.84 Å². The van der Waals surface area contributed by atoms with Crippen molar-refractivity contribution < 1.29 is 28.3 Å². The van der Waals surface area contributed by atoms with Crippen molar-refractivity contribution in [2.24, 2.45) is 0 Å². The first-order valence-electron chi connectivity index (χ1n) is 4.96. The second-order valence-electron chi connectivity index (χ2n) is 3.50. The van der Waals surface area contributed by atoms with Crippen molar-refractivity contribution in [2.75, 3.05) is 0 Å². The van der Waals surface area contributed by atoms with E-state index >= 15 is 0 Å². The number of hydrogen-bond donors (Lipinski definition) is 1. The van der Waals surface area contributed by atoms with Crippen molar-refractivity contribution >= 4 is 17.7 Å². The first-order chi connectivity index (χ1) is 8.81. The van der Waals surface area contributed by atoms with Crippen LogP contribution in [0.15, 0.2) is 18.2 Å². The Kier molecular flexibility index (Phi) is 4.51. The molecule has 0 aliphatic heterocycles. The molecule has 1 N–H and O–H groups in total. The van der Waals surface area contributed by atoms with E-state index in [4.69, 9.17) is 5.11 Å². The van der Waals surface area contributed by atoms with E-state index < -0.39 is 28.9 Å². The maximum Gasteiger partial charge on any atom is 0.387 e. The molecule has 0 saturated heterocycles. The van der Waals surface area contributed by atoms with E-state index in [9.17, 15) is 23.7 Å². The number of carbonyl (C=O) groups is 1. The lowest BCUT2D eigenvalue weighted by Crippen LogP contribution is -2.05. The molecule has 102 valence electrons. The minimum atomic E-state index is -3.17. The van der Waals surface area contributed by atoms with Gasteiger partial charge in [-0.25, -0.2) is 4.79 Å². The number of aliphatic carboxylic acids is 1. The Morgan fingerprint density at radius 2 is 2.16 bits per heavy atom. The van der Waals surface area contributed by atoms with Crippen LogP contribution >= 0.6 is 0 Å². The van der Waals surface area contributed by atoms with E-state index in [1.54, 1.807) is 0 Å². The van der Waals surface area contributed by atoms with Crippen LogP contribution in [0.1, 0.15) is 11.1 Å². The van der Waals surface area contributed by atoms with E-state index in [0.29, 0.717) is 11.6 Å². The second-order valence-corrected chi connectivity index (χ2v) is 3.50. The number of carboxylic acids is 1. The molecule has 19 heavy (non-hydrogen) atoms. The molecule has 1 aromatic carbocycles. The summed E-state index contributed by atoms with van der Waals surface area (Å²) in [6.07, 6.45) is 1.45. The Balaban J connectivity index is 3.42. The van der Waals surface area contributed by atoms with Gasteiger partial charge >= 0.3 is 12.6 Å². The molecule has 0 fully saturated rings. The SMILES string of the molecule is Cc1cc(OC(F)F)c(/C=C/C(=O)O)c([N+](=O)[O-])c1. The van der Waals surface area contributed by atoms with E-state index in [1.807, 2.05) is 0 Å². The number of nitro benzene ring substituents is 1. The molecule has 0 spiro atoms. The molecule has 0 unspecified atom stereocenters. The van der Waals surface area contributed by atoms with Crippen molar-refractivity contribution in [3.05, 3.63) is 39.4 Å². The fourth-order valence-corrected chi connectivity index (χ4v) is 1.41. The molecule has 0 aromatic heterocycles. The minimum Gasteiger partial charge on any atom is -0.478 e. The first kappa shape index (κ1) is 14.6. The van der Waals surface area contributed by atoms with E-state index in [-0.39, 0.29) is 5.56 Å². The second kappa shape index (κ2) is 5.89. The highest BCUT2D eigenvalue weighted by molar-refractivity contribution is 5.87. The maximum atomic E-state index is 12.2. The summed E-state index contributed by atoms with van der Waals surface area (Å²) in [5.74, 6) is -1.81. The van der Waals surface area contributed by atoms with Gasteiger partial charge in [0.1, 0.15) is 5.75 Å². The highest BCUT2D eigenvalue weighted by atomic mass is 19.3. The van der Waals surface area contributed by atoms with Crippen LogP contribution in [0.4, 0.5) is 14.5 Å². The van der Waals surface area contributed by atoms with Crippen molar-refractivity contribution in [1.82, 2.24) is 0 Å². The molecular weight excluding hydrogens is 264 g/mol. The minimum absolute atomic E-state index is 0.321. The van der Waals surface area contributed by atoms with Gasteiger partial charge in [-0.1, -0.05) is 0 Å². The quantitative estimate of drug-likeness (QED) is 0.506. The van der Waals surface area contributed by atoms with Crippen LogP contribution in [0.5, 0.6) is 5.75 Å². The molecule has 1 aromatic rings. The highest BCUT2D eigenvalue weighted by Gasteiger charge is 2.20. The van der Waals surface area contributed by atoms with Gasteiger partial charge in [-0.05, 0) is 24.6 Å². The van der Waals surface area contributed by atoms with Crippen LogP contribution in [0, 0.1) is 17.0 Å². The molecule has 0 amide bonds. The molecule has 0 radical (unpaired) electrons. The topological polar surface area (TPSA) is 89.7 Å². The van der Waals surface area contributed by atoms with Crippen LogP contribution in [-0.2, 0) is 4.79 Å². The summed E-state index contributed by atoms with van der Waals surface area (Å²) in [5.41, 5.74) is -0.485. The fraction of sp³-hybridized carbons (Fsp3) is 0.182. The predicted octanol–water partition coefficient (Wildman–Crippen LogP) is 2.60. The number of aryl methyl sites for hydroxylation is 1. The number of rotatable bonds is 5. The summed E-state index contributed by atoms with van der Waals surface area (Å²) in [6.45, 7) is -1.70. The van der Waals surface area contributed by atoms with Crippen LogP contribution in [0.3, 0.4) is 0 Å². The Bertz CT molecular complexity index is 542. The number of hydrogen-bond acceptors (Lipinski definition) is 4. The van der Waals surface area contributed by atoms with Gasteiger partial charge in [0.2, 0.25) is 0 Å². The van der Waals surface area contributed by atoms with Gasteiger partial charge in [0.05, 0.1) is 10.5 Å². The third-order valence-corrected chi connectivity index (χ3v) is 2.07. The molecule has 0 bridgehead atoms. The van der Waals surface area contributed by atoms with E-state index in [1.165, 1.54) is 13.0 Å². The van der Waals surface area contributed by atoms with Gasteiger partial charge in [0.15, 0.2) is 0 Å². The average molecular weight is 273 g/mol. The Labute approximate surface area is 106 Å². The maximum absolute atomic E-state index is 12.2. The average Bonchev–Trinajstić information content (AvgIpc) is 2.25. The third-order valence-electron chi connectivity index (χ3n) is 2.07. The molecule has 6 nitrogen and oxygen atoms in total. The molecule has 0 aliphatic rings. The van der Waals surface area contributed by atoms with Crippen molar-refractivity contribution in [3.63, 3.8) is 0 Å². The number of benzene rings is 1. The Morgan fingerprint density at radius 3 is 2.63 bits per heavy atom. The van der Waals surface area contributed by atoms with E-state index in [0.717, 1.165) is 12.1 Å². The summed E-state index contributed by atoms with van der Waals surface area (Å²) in [6, 6.07) is 2.31. The number of carboxylic acid groups (broad SMARTS) is 1. The highest BCUT2D eigenvalue weighted by Crippen LogP contribution is 2.32. The van der Waals surface area contributed by atoms with Gasteiger partial charge in [-0.3, -0.25) is 10.1 Å². The first-order valence-corrected chi connectivity index (χ1v) is 4.96. The Morgan fingerprint density at radius 1 is 1.53 bits per heavy atom. The van der Waals surface area contributed by atoms with E-state index in [2.05, 4.69) is 4.74 Å². The standard InChI is InChI=1S/C11H9F2NO5/c1-6-4-8(14(17)18)7(2-3-10(15)16)9(5-6)19-11(12)13/h2-5,11H,1H3,(H,15,16)/b3-2+. The van der Waals surface area contributed by atoms with Crippen molar-refractivity contribution in [2.45, 2.75) is 13.5 Å². The lowest BCUT2D eigenvalue weighted by atomic mass is 10.1. The fourth-order valence-electron chi connectivity index (χ4n) is 1.41. The number of halogens is 2. The molecule has 0 saturated carbocycles. The number of nitrogens with zero attached hydrogens (tertiary/aromatic N) is 1. The zero-order valence-electron chi connectivity index (χ0n) is 9.67. The summed E-state index contributed by atoms with van der Waals surface area (Å²) < 4.78 is 28.6. The molecule has 0 heterocycles. The van der Waals surface area contributed by atoms with Gasteiger partial charge in [0, 0.05) is 12.1 Å². The summed E-state index contributed by atoms with van der Waals surface area (Å²) in [7, 11) is 0. The van der Waals surface area contributed by atoms with Crippen LogP contribution in [-0.4, -0.2) is 22.6 Å². The summed E-state index contributed by atoms with van der Waals surface area (Å²) in [4.78, 5) is 20.4. The summed E-state index contributed by atoms with van der Waals surface area (Å²) >= 11 is 0. The van der Waals surface area contributed by atoms with Crippen LogP contribution in [0.2, 0.25) is 0 Å². The number of alkyl halides is 2. The molecule has 0 aliphatic carbocycles. The smallest absolute Gasteiger partial charge is 0.387 e. The van der Waals surface area contributed by atoms with Crippen molar-refractivity contribution in [3.8, 4) is 5.75 Å². The zero-order valence-corrected chi connectivity index (χ0v) is 9.67. The molecule has 8 heteroatoms. The summed E-state index contributed by atoms with van der Waals surface area (Å²) in [5, 5.41) is 19.3. The monoisotopic (exact) mass is 273 g/mol. The largest absolute Gasteiger partial charge is 0.478 e.